The van der Waals surface area contributed by atoms with Crippen LogP contribution in [-0.4, -0.2) is 18.3 Å². The van der Waals surface area contributed by atoms with Crippen LogP contribution in [0.4, 0.5) is 0 Å². The van der Waals surface area contributed by atoms with Crippen LogP contribution in [0.25, 0.3) is 22.0 Å². The number of nitrogens with zero attached hydrogens (tertiary/aromatic N) is 1. The van der Waals surface area contributed by atoms with Gasteiger partial charge in [0.1, 0.15) is 0 Å². The summed E-state index contributed by atoms with van der Waals surface area (Å²) in [6.45, 7) is 0. The van der Waals surface area contributed by atoms with E-state index >= 15 is 0 Å². The Hall–Kier alpha value is -1.61. The summed E-state index contributed by atoms with van der Waals surface area (Å²) in [6, 6.07) is 17.7. The fourth-order valence-electron chi connectivity index (χ4n) is 4.46. The van der Waals surface area contributed by atoms with Gasteiger partial charge < -0.3 is 0 Å². The summed E-state index contributed by atoms with van der Waals surface area (Å²) in [4.78, 5) is 4.95. The van der Waals surface area contributed by atoms with E-state index in [9.17, 15) is 0 Å². The molecule has 1 heterocycles. The molecule has 4 rings (SSSR count). The van der Waals surface area contributed by atoms with Gasteiger partial charge in [-0.15, -0.1) is 0 Å². The molecule has 134 valence electrons. The Morgan fingerprint density at radius 3 is 2.46 bits per heavy atom. The quantitative estimate of drug-likeness (QED) is 0.474. The second kappa shape index (κ2) is 7.19. The summed E-state index contributed by atoms with van der Waals surface area (Å²) in [5.41, 5.74) is 4.00. The first kappa shape index (κ1) is 17.8. The van der Waals surface area contributed by atoms with Crippen molar-refractivity contribution in [1.29, 1.82) is 0 Å². The second-order valence-corrected chi connectivity index (χ2v) is 19.4. The third-order valence-corrected chi connectivity index (χ3v) is 10.2. The van der Waals surface area contributed by atoms with Crippen LogP contribution in [0.15, 0.2) is 54.7 Å². The number of pyridine rings is 1. The van der Waals surface area contributed by atoms with E-state index in [1.807, 2.05) is 0 Å². The first-order valence-electron chi connectivity index (χ1n) is 10.00. The topological polar surface area (TPSA) is 12.9 Å². The molecule has 26 heavy (non-hydrogen) atoms. The van der Waals surface area contributed by atoms with E-state index < -0.39 is 13.3 Å². The van der Waals surface area contributed by atoms with E-state index in [0.717, 1.165) is 11.6 Å². The van der Waals surface area contributed by atoms with E-state index in [1.54, 1.807) is 9.96 Å². The standard InChI is InChI=1S/C24H29GeN/c1-25(2,3)23-17-26-24(16-20(23)15-18-9-4-5-10-18)22-14-8-12-19-11-6-7-13-21(19)22/h6-8,11-14,16-18H,4-5,9-10,15H2,1-3H3. The molecule has 2 heteroatoms. The molecule has 1 nitrogen and oxygen atoms in total. The van der Waals surface area contributed by atoms with Gasteiger partial charge in [0.15, 0.2) is 0 Å². The van der Waals surface area contributed by atoms with E-state index in [4.69, 9.17) is 4.98 Å². The first-order valence-corrected chi connectivity index (χ1v) is 17.3. The van der Waals surface area contributed by atoms with Crippen molar-refractivity contribution in [2.45, 2.75) is 49.4 Å². The first-order chi connectivity index (χ1) is 12.5. The Kier molecular flexibility index (Phi) is 4.92. The Morgan fingerprint density at radius 1 is 0.962 bits per heavy atom. The minimum atomic E-state index is -1.92. The zero-order valence-electron chi connectivity index (χ0n) is 16.3. The van der Waals surface area contributed by atoms with Crippen LogP contribution in [0.5, 0.6) is 0 Å². The Labute approximate surface area is 160 Å². The Morgan fingerprint density at radius 2 is 1.69 bits per heavy atom. The van der Waals surface area contributed by atoms with Gasteiger partial charge in [-0.2, -0.15) is 0 Å². The van der Waals surface area contributed by atoms with E-state index in [0.29, 0.717) is 0 Å². The summed E-state index contributed by atoms with van der Waals surface area (Å²) in [5.74, 6) is 8.35. The van der Waals surface area contributed by atoms with Gasteiger partial charge in [0.2, 0.25) is 0 Å². The van der Waals surface area contributed by atoms with Crippen molar-refractivity contribution in [1.82, 2.24) is 4.98 Å². The van der Waals surface area contributed by atoms with Crippen LogP contribution in [0.1, 0.15) is 31.2 Å². The molecule has 0 amide bonds. The molecular formula is C24H29GeN. The van der Waals surface area contributed by atoms with E-state index in [-0.39, 0.29) is 0 Å². The molecule has 3 aromatic rings. The van der Waals surface area contributed by atoms with E-state index in [2.05, 4.69) is 72.0 Å². The van der Waals surface area contributed by atoms with Gasteiger partial charge in [-0.25, -0.2) is 0 Å². The Bertz CT molecular complexity index is 912. The molecule has 1 aliphatic rings. The molecule has 0 radical (unpaired) electrons. The number of rotatable bonds is 4. The van der Waals surface area contributed by atoms with Crippen molar-refractivity contribution in [3.8, 4) is 11.3 Å². The van der Waals surface area contributed by atoms with Gasteiger partial charge >= 0.3 is 160 Å². The summed E-state index contributed by atoms with van der Waals surface area (Å²) in [5, 5.41) is 2.60. The predicted molar refractivity (Wildman–Crippen MR) is 116 cm³/mol. The van der Waals surface area contributed by atoms with E-state index in [1.165, 1.54) is 48.4 Å². The van der Waals surface area contributed by atoms with Crippen molar-refractivity contribution in [3.63, 3.8) is 0 Å². The molecule has 0 spiro atoms. The molecule has 1 aromatic heterocycles. The van der Waals surface area contributed by atoms with Gasteiger partial charge in [0.25, 0.3) is 0 Å². The van der Waals surface area contributed by atoms with Crippen molar-refractivity contribution in [3.05, 3.63) is 60.3 Å². The minimum absolute atomic E-state index is 0.876. The fraction of sp³-hybridized carbons (Fsp3) is 0.375. The van der Waals surface area contributed by atoms with Crippen molar-refractivity contribution in [2.75, 3.05) is 0 Å². The number of hydrogen-bond acceptors (Lipinski definition) is 1. The monoisotopic (exact) mass is 405 g/mol. The third kappa shape index (κ3) is 3.59. The van der Waals surface area contributed by atoms with Crippen LogP contribution in [0, 0.1) is 5.92 Å². The molecule has 2 aromatic carbocycles. The van der Waals surface area contributed by atoms with Gasteiger partial charge in [-0.05, 0) is 0 Å². The number of benzene rings is 2. The molecule has 1 aliphatic carbocycles. The third-order valence-electron chi connectivity index (χ3n) is 5.85. The van der Waals surface area contributed by atoms with Gasteiger partial charge in [-0.3, -0.25) is 0 Å². The molecule has 0 unspecified atom stereocenters. The molecule has 1 saturated carbocycles. The van der Waals surface area contributed by atoms with Crippen LogP contribution < -0.4 is 4.40 Å². The van der Waals surface area contributed by atoms with Gasteiger partial charge in [0, 0.05) is 0 Å². The van der Waals surface area contributed by atoms with Crippen molar-refractivity contribution in [2.24, 2.45) is 5.92 Å². The molecule has 1 fully saturated rings. The maximum atomic E-state index is 4.95. The molecule has 0 saturated heterocycles. The fourth-order valence-corrected chi connectivity index (χ4v) is 7.80. The summed E-state index contributed by atoms with van der Waals surface area (Å²) in [6.07, 6.45) is 9.11. The summed E-state index contributed by atoms with van der Waals surface area (Å²) >= 11 is -1.92. The van der Waals surface area contributed by atoms with Crippen LogP contribution in [0.3, 0.4) is 0 Å². The number of fused-ring (bicyclic) bond motifs is 1. The van der Waals surface area contributed by atoms with Gasteiger partial charge in [0.05, 0.1) is 0 Å². The molecule has 0 N–H and O–H groups in total. The predicted octanol–water partition coefficient (Wildman–Crippen LogP) is 6.18. The van der Waals surface area contributed by atoms with Crippen molar-refractivity contribution >= 4 is 28.4 Å². The van der Waals surface area contributed by atoms with Crippen LogP contribution >= 0.6 is 0 Å². The maximum absolute atomic E-state index is 4.95. The molecular weight excluding hydrogens is 375 g/mol. The zero-order chi connectivity index (χ0) is 18.1. The zero-order valence-corrected chi connectivity index (χ0v) is 18.4. The van der Waals surface area contributed by atoms with Crippen LogP contribution in [-0.2, 0) is 6.42 Å². The number of aromatic nitrogens is 1. The second-order valence-electron chi connectivity index (χ2n) is 8.86. The molecule has 0 bridgehead atoms. The van der Waals surface area contributed by atoms with Crippen LogP contribution in [0.2, 0.25) is 17.3 Å². The normalized spacial score (nSPS) is 15.7. The SMILES string of the molecule is [CH3][Ge]([CH3])([CH3])[c]1cnc(-c2cccc3ccccc23)cc1CC1CCCC1. The average Bonchev–Trinajstić information content (AvgIpc) is 3.13. The number of hydrogen-bond donors (Lipinski definition) is 0. The summed E-state index contributed by atoms with van der Waals surface area (Å²) in [7, 11) is 0. The van der Waals surface area contributed by atoms with Gasteiger partial charge in [-0.1, -0.05) is 0 Å². The summed E-state index contributed by atoms with van der Waals surface area (Å²) < 4.78 is 1.60. The average molecular weight is 404 g/mol. The molecule has 0 atom stereocenters. The molecule has 0 aliphatic heterocycles. The Balaban J connectivity index is 1.81. The van der Waals surface area contributed by atoms with Crippen molar-refractivity contribution < 1.29 is 0 Å².